The molecule has 0 bridgehead atoms. The number of carbonyl (C=O) groups is 1. The first-order valence-corrected chi connectivity index (χ1v) is 3.68. The van der Waals surface area contributed by atoms with Gasteiger partial charge in [-0.3, -0.25) is 4.79 Å². The van der Waals surface area contributed by atoms with E-state index in [4.69, 9.17) is 10.5 Å². The molecule has 0 radical (unpaired) electrons. The van der Waals surface area contributed by atoms with Crippen molar-refractivity contribution in [2.24, 2.45) is 11.1 Å². The number of nitrogens with two attached hydrogens (primary N) is 1. The number of hydrogen-bond acceptors (Lipinski definition) is 3. The van der Waals surface area contributed by atoms with Crippen molar-refractivity contribution in [3.8, 4) is 0 Å². The van der Waals surface area contributed by atoms with Crippen LogP contribution in [0, 0.1) is 5.41 Å². The number of ether oxygens (including phenoxy) is 1. The number of rotatable bonds is 1. The largest absolute Gasteiger partial charge is 0.461 e. The van der Waals surface area contributed by atoms with E-state index in [-0.39, 0.29) is 17.5 Å². The van der Waals surface area contributed by atoms with Crippen molar-refractivity contribution >= 4 is 5.97 Å². The summed E-state index contributed by atoms with van der Waals surface area (Å²) in [6.07, 6.45) is 2.91. The molecule has 0 aromatic carbocycles. The second-order valence-corrected chi connectivity index (χ2v) is 3.25. The highest BCUT2D eigenvalue weighted by Crippen LogP contribution is 2.54. The van der Waals surface area contributed by atoms with Crippen LogP contribution in [0.15, 0.2) is 0 Å². The maximum atomic E-state index is 11.0. The fourth-order valence-corrected chi connectivity index (χ4v) is 1.53. The summed E-state index contributed by atoms with van der Waals surface area (Å²) < 4.78 is 5.02. The molecule has 1 saturated heterocycles. The van der Waals surface area contributed by atoms with Gasteiger partial charge in [-0.2, -0.15) is 0 Å². The molecule has 10 heavy (non-hydrogen) atoms. The predicted octanol–water partition coefficient (Wildman–Crippen LogP) is 0.0408. The van der Waals surface area contributed by atoms with Gasteiger partial charge in [0.05, 0.1) is 5.41 Å². The van der Waals surface area contributed by atoms with Crippen LogP contribution < -0.4 is 5.73 Å². The molecule has 3 nitrogen and oxygen atoms in total. The molecule has 1 spiro atoms. The molecule has 0 amide bonds. The normalized spacial score (nSPS) is 34.5. The van der Waals surface area contributed by atoms with Gasteiger partial charge in [-0.05, 0) is 12.8 Å². The molecule has 1 atom stereocenters. The zero-order valence-electron chi connectivity index (χ0n) is 5.80. The summed E-state index contributed by atoms with van der Waals surface area (Å²) >= 11 is 0. The van der Waals surface area contributed by atoms with Crippen molar-refractivity contribution < 1.29 is 9.53 Å². The summed E-state index contributed by atoms with van der Waals surface area (Å²) in [4.78, 5) is 11.0. The summed E-state index contributed by atoms with van der Waals surface area (Å²) in [6.45, 7) is 0.480. The molecule has 1 aliphatic heterocycles. The summed E-state index contributed by atoms with van der Waals surface area (Å²) in [7, 11) is 0. The summed E-state index contributed by atoms with van der Waals surface area (Å²) in [5, 5.41) is 0. The van der Waals surface area contributed by atoms with Crippen LogP contribution in [-0.4, -0.2) is 18.6 Å². The lowest BCUT2D eigenvalue weighted by atomic mass is 10.0. The van der Waals surface area contributed by atoms with E-state index in [2.05, 4.69) is 0 Å². The molecular formula is C7H11NO2. The van der Waals surface area contributed by atoms with E-state index in [0.29, 0.717) is 6.54 Å². The van der Waals surface area contributed by atoms with Gasteiger partial charge in [0.15, 0.2) is 0 Å². The Bertz CT molecular complexity index is 174. The van der Waals surface area contributed by atoms with Gasteiger partial charge >= 0.3 is 5.97 Å². The second-order valence-electron chi connectivity index (χ2n) is 3.25. The third-order valence-electron chi connectivity index (χ3n) is 2.44. The van der Waals surface area contributed by atoms with Crippen LogP contribution in [-0.2, 0) is 9.53 Å². The molecule has 1 heterocycles. The maximum absolute atomic E-state index is 11.0. The van der Waals surface area contributed by atoms with E-state index in [0.717, 1.165) is 19.3 Å². The zero-order valence-corrected chi connectivity index (χ0v) is 5.80. The lowest BCUT2D eigenvalue weighted by Crippen LogP contribution is -2.19. The molecular weight excluding hydrogens is 130 g/mol. The second kappa shape index (κ2) is 1.72. The van der Waals surface area contributed by atoms with Gasteiger partial charge in [0.2, 0.25) is 0 Å². The number of esters is 1. The Morgan fingerprint density at radius 3 is 2.70 bits per heavy atom. The molecule has 0 aromatic rings. The Kier molecular flexibility index (Phi) is 1.06. The van der Waals surface area contributed by atoms with E-state index in [9.17, 15) is 4.79 Å². The maximum Gasteiger partial charge on any atom is 0.312 e. The minimum Gasteiger partial charge on any atom is -0.461 e. The van der Waals surface area contributed by atoms with E-state index >= 15 is 0 Å². The van der Waals surface area contributed by atoms with Crippen molar-refractivity contribution in [3.63, 3.8) is 0 Å². The lowest BCUT2D eigenvalue weighted by Gasteiger charge is -2.01. The van der Waals surface area contributed by atoms with E-state index < -0.39 is 0 Å². The third kappa shape index (κ3) is 0.669. The van der Waals surface area contributed by atoms with Crippen LogP contribution in [0.1, 0.15) is 19.3 Å². The molecule has 2 N–H and O–H groups in total. The van der Waals surface area contributed by atoms with Crippen molar-refractivity contribution in [1.29, 1.82) is 0 Å². The lowest BCUT2D eigenvalue weighted by molar-refractivity contribution is -0.145. The first kappa shape index (κ1) is 6.16. The molecule has 2 aliphatic rings. The van der Waals surface area contributed by atoms with Crippen LogP contribution in [0.25, 0.3) is 0 Å². The monoisotopic (exact) mass is 141 g/mol. The zero-order chi connectivity index (χ0) is 7.19. The first-order valence-electron chi connectivity index (χ1n) is 3.68. The van der Waals surface area contributed by atoms with E-state index in [1.54, 1.807) is 0 Å². The number of carbonyl (C=O) groups excluding carboxylic acids is 1. The SMILES string of the molecule is NCC1CC2(CC2)C(=O)O1. The average Bonchev–Trinajstić information content (AvgIpc) is 2.60. The highest BCUT2D eigenvalue weighted by molar-refractivity contribution is 5.81. The number of cyclic esters (lactones) is 1. The topological polar surface area (TPSA) is 52.3 Å². The van der Waals surface area contributed by atoms with Crippen LogP contribution >= 0.6 is 0 Å². The van der Waals surface area contributed by atoms with Gasteiger partial charge in [-0.15, -0.1) is 0 Å². The Balaban J connectivity index is 2.08. The quantitative estimate of drug-likeness (QED) is 0.524. The van der Waals surface area contributed by atoms with Gasteiger partial charge in [-0.1, -0.05) is 0 Å². The Labute approximate surface area is 59.5 Å². The molecule has 2 rings (SSSR count). The van der Waals surface area contributed by atoms with Crippen LogP contribution in [0.3, 0.4) is 0 Å². The molecule has 56 valence electrons. The molecule has 1 unspecified atom stereocenters. The Hall–Kier alpha value is -0.570. The Morgan fingerprint density at radius 1 is 1.70 bits per heavy atom. The highest BCUT2D eigenvalue weighted by atomic mass is 16.6. The molecule has 0 aromatic heterocycles. The van der Waals surface area contributed by atoms with Gasteiger partial charge < -0.3 is 10.5 Å². The van der Waals surface area contributed by atoms with Crippen molar-refractivity contribution in [3.05, 3.63) is 0 Å². The molecule has 3 heteroatoms. The van der Waals surface area contributed by atoms with Gasteiger partial charge in [0, 0.05) is 13.0 Å². The third-order valence-corrected chi connectivity index (χ3v) is 2.44. The average molecular weight is 141 g/mol. The Morgan fingerprint density at radius 2 is 2.40 bits per heavy atom. The molecule has 1 saturated carbocycles. The van der Waals surface area contributed by atoms with Crippen molar-refractivity contribution in [1.82, 2.24) is 0 Å². The fourth-order valence-electron chi connectivity index (χ4n) is 1.53. The minimum atomic E-state index is -0.0654. The van der Waals surface area contributed by atoms with Crippen LogP contribution in [0.4, 0.5) is 0 Å². The van der Waals surface area contributed by atoms with Gasteiger partial charge in [0.1, 0.15) is 6.10 Å². The van der Waals surface area contributed by atoms with E-state index in [1.165, 1.54) is 0 Å². The van der Waals surface area contributed by atoms with Crippen LogP contribution in [0.2, 0.25) is 0 Å². The van der Waals surface area contributed by atoms with Crippen molar-refractivity contribution in [2.75, 3.05) is 6.54 Å². The minimum absolute atomic E-state index is 0.00926. The first-order chi connectivity index (χ1) is 4.77. The molecule has 2 fully saturated rings. The standard InChI is InChI=1S/C7H11NO2/c8-4-5-3-7(1-2-7)6(9)10-5/h5H,1-4,8H2. The fraction of sp³-hybridized carbons (Fsp3) is 0.857. The van der Waals surface area contributed by atoms with Gasteiger partial charge in [0.25, 0.3) is 0 Å². The number of hydrogen-bond donors (Lipinski definition) is 1. The predicted molar refractivity (Wildman–Crippen MR) is 35.2 cm³/mol. The van der Waals surface area contributed by atoms with Gasteiger partial charge in [-0.25, -0.2) is 0 Å². The molecule has 1 aliphatic carbocycles. The van der Waals surface area contributed by atoms with Crippen LogP contribution in [0.5, 0.6) is 0 Å². The van der Waals surface area contributed by atoms with Crippen molar-refractivity contribution in [2.45, 2.75) is 25.4 Å². The smallest absolute Gasteiger partial charge is 0.312 e. The summed E-state index contributed by atoms with van der Waals surface area (Å²) in [5.74, 6) is -0.0112. The summed E-state index contributed by atoms with van der Waals surface area (Å²) in [5.41, 5.74) is 5.30. The summed E-state index contributed by atoms with van der Waals surface area (Å²) in [6, 6.07) is 0. The highest BCUT2D eigenvalue weighted by Gasteiger charge is 2.57. The van der Waals surface area contributed by atoms with E-state index in [1.807, 2.05) is 0 Å².